The molecule has 0 radical (unpaired) electrons. The molecule has 0 amide bonds. The van der Waals surface area contributed by atoms with Crippen molar-refractivity contribution in [1.29, 1.82) is 0 Å². The second-order valence-corrected chi connectivity index (χ2v) is 14.2. The Bertz CT molecular complexity index is 3200. The predicted molar refractivity (Wildman–Crippen MR) is 229 cm³/mol. The van der Waals surface area contributed by atoms with Gasteiger partial charge in [0.25, 0.3) is 0 Å². The second kappa shape index (κ2) is 12.6. The van der Waals surface area contributed by atoms with Crippen molar-refractivity contribution >= 4 is 71.7 Å². The van der Waals surface area contributed by atoms with Gasteiger partial charge in [0.1, 0.15) is 22.3 Å². The van der Waals surface area contributed by atoms with Crippen molar-refractivity contribution in [2.24, 2.45) is 0 Å². The van der Waals surface area contributed by atoms with Crippen LogP contribution in [0.25, 0.3) is 88.0 Å². The Labute approximate surface area is 317 Å². The fourth-order valence-corrected chi connectivity index (χ4v) is 8.06. The minimum absolute atomic E-state index is 0.877. The zero-order chi connectivity index (χ0) is 36.3. The molecule has 0 bridgehead atoms. The molecule has 0 aliphatic heterocycles. The third kappa shape index (κ3) is 5.45. The highest BCUT2D eigenvalue weighted by Crippen LogP contribution is 2.41. The third-order valence-electron chi connectivity index (χ3n) is 10.9. The van der Waals surface area contributed by atoms with Crippen molar-refractivity contribution in [3.63, 3.8) is 0 Å². The summed E-state index contributed by atoms with van der Waals surface area (Å²) in [6.45, 7) is 0. The molecule has 0 saturated heterocycles. The summed E-state index contributed by atoms with van der Waals surface area (Å²) >= 11 is 0. The van der Waals surface area contributed by atoms with Crippen LogP contribution >= 0.6 is 0 Å². The molecule has 258 valence electrons. The van der Waals surface area contributed by atoms with Gasteiger partial charge in [0.05, 0.1) is 0 Å². The van der Waals surface area contributed by atoms with Crippen LogP contribution in [0.15, 0.2) is 209 Å². The van der Waals surface area contributed by atoms with E-state index in [9.17, 15) is 0 Å². The highest BCUT2D eigenvalue weighted by molar-refractivity contribution is 6.07. The maximum atomic E-state index is 6.23. The van der Waals surface area contributed by atoms with Crippen LogP contribution in [0.4, 0.5) is 17.1 Å². The molecule has 0 spiro atoms. The number of fused-ring (bicyclic) bond motifs is 7. The van der Waals surface area contributed by atoms with Crippen molar-refractivity contribution in [2.45, 2.75) is 0 Å². The van der Waals surface area contributed by atoms with E-state index >= 15 is 0 Å². The van der Waals surface area contributed by atoms with E-state index in [0.29, 0.717) is 0 Å². The van der Waals surface area contributed by atoms with Crippen molar-refractivity contribution < 1.29 is 8.83 Å². The van der Waals surface area contributed by atoms with E-state index < -0.39 is 0 Å². The zero-order valence-electron chi connectivity index (χ0n) is 29.8. The Kier molecular flexibility index (Phi) is 7.17. The maximum absolute atomic E-state index is 6.23. The first kappa shape index (κ1) is 31.2. The van der Waals surface area contributed by atoms with Crippen molar-refractivity contribution in [3.8, 4) is 33.4 Å². The van der Waals surface area contributed by atoms with Crippen LogP contribution in [0.2, 0.25) is 0 Å². The smallest absolute Gasteiger partial charge is 0.135 e. The molecular weight excluding hydrogens is 671 g/mol. The van der Waals surface area contributed by atoms with Crippen LogP contribution in [-0.4, -0.2) is 0 Å². The van der Waals surface area contributed by atoms with Gasteiger partial charge in [-0.1, -0.05) is 127 Å². The number of nitrogens with zero attached hydrogens (tertiary/aromatic N) is 1. The fourth-order valence-electron chi connectivity index (χ4n) is 8.06. The van der Waals surface area contributed by atoms with Crippen molar-refractivity contribution in [1.82, 2.24) is 0 Å². The third-order valence-corrected chi connectivity index (χ3v) is 10.9. The van der Waals surface area contributed by atoms with Gasteiger partial charge in [-0.05, 0) is 117 Å². The average molecular weight is 704 g/mol. The summed E-state index contributed by atoms with van der Waals surface area (Å²) in [7, 11) is 0. The number of hydrogen-bond donors (Lipinski definition) is 0. The molecule has 0 fully saturated rings. The van der Waals surface area contributed by atoms with Crippen LogP contribution in [-0.2, 0) is 0 Å². The van der Waals surface area contributed by atoms with Gasteiger partial charge in [0.15, 0.2) is 0 Å². The molecule has 2 aromatic heterocycles. The molecule has 55 heavy (non-hydrogen) atoms. The molecule has 3 heteroatoms. The van der Waals surface area contributed by atoms with Gasteiger partial charge >= 0.3 is 0 Å². The Morgan fingerprint density at radius 2 is 0.727 bits per heavy atom. The van der Waals surface area contributed by atoms with Crippen LogP contribution < -0.4 is 4.90 Å². The first-order valence-electron chi connectivity index (χ1n) is 18.6. The summed E-state index contributed by atoms with van der Waals surface area (Å²) in [5, 5.41) is 6.95. The quantitative estimate of drug-likeness (QED) is 0.173. The monoisotopic (exact) mass is 703 g/mol. The van der Waals surface area contributed by atoms with E-state index in [1.165, 1.54) is 33.0 Å². The molecule has 0 aliphatic rings. The standard InChI is InChI=1S/C52H33NO2/c1-2-9-38-30-40(21-20-34(38)8-1)37-18-16-35(17-19-37)36-22-25-42(26-23-36)53(44-27-29-52-48(33-44)46-13-4-6-15-50(46)55-52)43-11-7-10-39(31-43)41-24-28-51-47(32-41)45-12-3-5-14-49(45)54-51/h1-33H. The normalized spacial score (nSPS) is 11.6. The van der Waals surface area contributed by atoms with Crippen LogP contribution in [0.1, 0.15) is 0 Å². The van der Waals surface area contributed by atoms with Gasteiger partial charge in [-0.15, -0.1) is 0 Å². The number of furan rings is 2. The lowest BCUT2D eigenvalue weighted by Gasteiger charge is -2.26. The van der Waals surface area contributed by atoms with E-state index in [0.717, 1.165) is 72.1 Å². The van der Waals surface area contributed by atoms with Crippen molar-refractivity contribution in [3.05, 3.63) is 200 Å². The summed E-state index contributed by atoms with van der Waals surface area (Å²) in [4.78, 5) is 2.34. The molecular formula is C52H33NO2. The first-order chi connectivity index (χ1) is 27.2. The lowest BCUT2D eigenvalue weighted by molar-refractivity contribution is 0.668. The number of para-hydroxylation sites is 2. The molecule has 9 aromatic carbocycles. The molecule has 0 unspecified atom stereocenters. The van der Waals surface area contributed by atoms with E-state index in [-0.39, 0.29) is 0 Å². The lowest BCUT2D eigenvalue weighted by Crippen LogP contribution is -2.10. The van der Waals surface area contributed by atoms with Crippen LogP contribution in [0, 0.1) is 0 Å². The van der Waals surface area contributed by atoms with Gasteiger partial charge < -0.3 is 13.7 Å². The summed E-state index contributed by atoms with van der Waals surface area (Å²) in [5.41, 5.74) is 13.8. The summed E-state index contributed by atoms with van der Waals surface area (Å²) in [6.07, 6.45) is 0. The second-order valence-electron chi connectivity index (χ2n) is 14.2. The molecule has 0 saturated carbocycles. The van der Waals surface area contributed by atoms with Gasteiger partial charge in [-0.3, -0.25) is 0 Å². The van der Waals surface area contributed by atoms with Crippen LogP contribution in [0.3, 0.4) is 0 Å². The fraction of sp³-hybridized carbons (Fsp3) is 0. The summed E-state index contributed by atoms with van der Waals surface area (Å²) in [6, 6.07) is 71.2. The van der Waals surface area contributed by atoms with Gasteiger partial charge in [0, 0.05) is 38.6 Å². The molecule has 0 N–H and O–H groups in total. The molecule has 11 aromatic rings. The number of rotatable bonds is 6. The summed E-state index contributed by atoms with van der Waals surface area (Å²) in [5.74, 6) is 0. The first-order valence-corrected chi connectivity index (χ1v) is 18.6. The SMILES string of the molecule is c1cc(-c2ccc3oc4ccccc4c3c2)cc(N(c2ccc(-c3ccc(-c4ccc5ccccc5c4)cc3)cc2)c2ccc3oc4ccccc4c3c2)c1. The van der Waals surface area contributed by atoms with E-state index in [4.69, 9.17) is 8.83 Å². The highest BCUT2D eigenvalue weighted by Gasteiger charge is 2.17. The van der Waals surface area contributed by atoms with E-state index in [2.05, 4.69) is 181 Å². The van der Waals surface area contributed by atoms with Crippen LogP contribution in [0.5, 0.6) is 0 Å². The molecule has 0 atom stereocenters. The van der Waals surface area contributed by atoms with Crippen molar-refractivity contribution in [2.75, 3.05) is 4.90 Å². The lowest BCUT2D eigenvalue weighted by atomic mass is 9.98. The highest BCUT2D eigenvalue weighted by atomic mass is 16.3. The average Bonchev–Trinajstić information content (AvgIpc) is 3.82. The Hall–Kier alpha value is -7.36. The summed E-state index contributed by atoms with van der Waals surface area (Å²) < 4.78 is 12.4. The number of hydrogen-bond acceptors (Lipinski definition) is 3. The number of benzene rings is 9. The minimum Gasteiger partial charge on any atom is -0.456 e. The topological polar surface area (TPSA) is 29.5 Å². The Morgan fingerprint density at radius 3 is 1.45 bits per heavy atom. The minimum atomic E-state index is 0.877. The molecule has 0 aliphatic carbocycles. The zero-order valence-corrected chi connectivity index (χ0v) is 29.8. The van der Waals surface area contributed by atoms with Gasteiger partial charge in [0.2, 0.25) is 0 Å². The van der Waals surface area contributed by atoms with Gasteiger partial charge in [-0.2, -0.15) is 0 Å². The Morgan fingerprint density at radius 1 is 0.255 bits per heavy atom. The van der Waals surface area contributed by atoms with Gasteiger partial charge in [-0.25, -0.2) is 0 Å². The maximum Gasteiger partial charge on any atom is 0.135 e. The largest absolute Gasteiger partial charge is 0.456 e. The molecule has 3 nitrogen and oxygen atoms in total. The number of anilines is 3. The molecule has 11 rings (SSSR count). The van der Waals surface area contributed by atoms with E-state index in [1.54, 1.807) is 0 Å². The Balaban J connectivity index is 0.986. The molecule has 2 heterocycles. The van der Waals surface area contributed by atoms with E-state index in [1.807, 2.05) is 24.3 Å². The predicted octanol–water partition coefficient (Wildman–Crippen LogP) is 15.1.